The fourth-order valence-corrected chi connectivity index (χ4v) is 6.09. The Hall–Kier alpha value is -2.94. The summed E-state index contributed by atoms with van der Waals surface area (Å²) in [5.41, 5.74) is 0. The smallest absolute Gasteiger partial charge is 0.410 e. The summed E-state index contributed by atoms with van der Waals surface area (Å²) < 4.78 is 52.8. The van der Waals surface area contributed by atoms with E-state index in [4.69, 9.17) is 13.4 Å². The standard InChI is InChI=1S/C22H24NO8PS/c1-3-14-29-22(25)23-16-17(31-33(2,27)28)15-20(23)21(24)30-32(26,18-10-6-4-7-11-18)19-12-8-5-9-13-19/h3-13,17,20H,1,14-16H2,2H3. The molecule has 0 aromatic heterocycles. The van der Waals surface area contributed by atoms with Crippen LogP contribution >= 0.6 is 7.37 Å². The van der Waals surface area contributed by atoms with Crippen molar-refractivity contribution in [3.8, 4) is 0 Å². The summed E-state index contributed by atoms with van der Waals surface area (Å²) in [4.78, 5) is 26.8. The van der Waals surface area contributed by atoms with Gasteiger partial charge in [0.1, 0.15) is 12.6 Å². The second-order valence-corrected chi connectivity index (χ2v) is 11.2. The van der Waals surface area contributed by atoms with Gasteiger partial charge >= 0.3 is 19.4 Å². The summed E-state index contributed by atoms with van der Waals surface area (Å²) in [6, 6.07) is 15.2. The summed E-state index contributed by atoms with van der Waals surface area (Å²) in [7, 11) is -7.72. The highest BCUT2D eigenvalue weighted by atomic mass is 32.2. The number of carbonyl (C=O) groups excluding carboxylic acids is 2. The van der Waals surface area contributed by atoms with Crippen molar-refractivity contribution in [3.05, 3.63) is 73.3 Å². The number of hydrogen-bond acceptors (Lipinski definition) is 8. The van der Waals surface area contributed by atoms with Crippen molar-refractivity contribution in [1.82, 2.24) is 4.90 Å². The van der Waals surface area contributed by atoms with Crippen LogP contribution in [0, 0.1) is 0 Å². The molecule has 0 N–H and O–H groups in total. The van der Waals surface area contributed by atoms with Crippen LogP contribution in [0.5, 0.6) is 0 Å². The van der Waals surface area contributed by atoms with E-state index in [1.807, 2.05) is 0 Å². The van der Waals surface area contributed by atoms with Gasteiger partial charge in [-0.15, -0.1) is 0 Å². The van der Waals surface area contributed by atoms with Gasteiger partial charge in [0.15, 0.2) is 0 Å². The van der Waals surface area contributed by atoms with Crippen LogP contribution in [0.4, 0.5) is 4.79 Å². The molecule has 0 saturated carbocycles. The molecule has 11 heteroatoms. The Balaban J connectivity index is 1.92. The third-order valence-corrected chi connectivity index (χ3v) is 7.83. The van der Waals surface area contributed by atoms with Crippen LogP contribution in [0.2, 0.25) is 0 Å². The fourth-order valence-electron chi connectivity index (χ4n) is 3.44. The highest BCUT2D eigenvalue weighted by molar-refractivity contribution is 7.86. The van der Waals surface area contributed by atoms with Gasteiger partial charge in [-0.25, -0.2) is 9.59 Å². The Morgan fingerprint density at radius 3 is 2.12 bits per heavy atom. The van der Waals surface area contributed by atoms with Crippen molar-refractivity contribution in [3.63, 3.8) is 0 Å². The summed E-state index contributed by atoms with van der Waals surface area (Å²) in [5, 5.41) is 0.597. The topological polar surface area (TPSA) is 116 Å². The SMILES string of the molecule is C=CCOC(=O)N1CC(OS(C)(=O)=O)CC1C(=O)OP(=O)(c1ccccc1)c1ccccc1. The lowest BCUT2D eigenvalue weighted by molar-refractivity contribution is -0.138. The van der Waals surface area contributed by atoms with E-state index < -0.39 is 41.7 Å². The minimum atomic E-state index is -3.87. The van der Waals surface area contributed by atoms with Gasteiger partial charge in [0.2, 0.25) is 0 Å². The first kappa shape index (κ1) is 24.7. The molecular weight excluding hydrogens is 469 g/mol. The van der Waals surface area contributed by atoms with Gasteiger partial charge in [-0.05, 0) is 24.3 Å². The zero-order chi connectivity index (χ0) is 24.1. The Labute approximate surface area is 192 Å². The molecule has 1 aliphatic rings. The van der Waals surface area contributed by atoms with E-state index >= 15 is 0 Å². The quantitative estimate of drug-likeness (QED) is 0.312. The summed E-state index contributed by atoms with van der Waals surface area (Å²) in [6.45, 7) is 3.14. The lowest BCUT2D eigenvalue weighted by Gasteiger charge is -2.25. The van der Waals surface area contributed by atoms with Crippen molar-refractivity contribution < 1.29 is 36.0 Å². The van der Waals surface area contributed by atoms with Crippen LogP contribution in [0.3, 0.4) is 0 Å². The third-order valence-electron chi connectivity index (χ3n) is 4.82. The molecular formula is C22H24NO8PS. The van der Waals surface area contributed by atoms with E-state index in [-0.39, 0.29) is 19.6 Å². The Morgan fingerprint density at radius 1 is 1.09 bits per heavy atom. The van der Waals surface area contributed by atoms with Crippen LogP contribution in [-0.2, 0) is 32.9 Å². The van der Waals surface area contributed by atoms with Crippen LogP contribution in [0.15, 0.2) is 73.3 Å². The first-order valence-corrected chi connectivity index (χ1v) is 13.5. The van der Waals surface area contributed by atoms with E-state index in [1.54, 1.807) is 60.7 Å². The van der Waals surface area contributed by atoms with Crippen LogP contribution < -0.4 is 10.6 Å². The van der Waals surface area contributed by atoms with Gasteiger partial charge < -0.3 is 9.26 Å². The number of benzene rings is 2. The molecule has 176 valence electrons. The molecule has 2 aromatic rings. The second-order valence-electron chi connectivity index (χ2n) is 7.32. The Morgan fingerprint density at radius 2 is 1.64 bits per heavy atom. The van der Waals surface area contributed by atoms with Crippen LogP contribution in [0.1, 0.15) is 6.42 Å². The predicted molar refractivity (Wildman–Crippen MR) is 122 cm³/mol. The summed E-state index contributed by atoms with van der Waals surface area (Å²) >= 11 is 0. The van der Waals surface area contributed by atoms with Gasteiger partial charge in [-0.1, -0.05) is 49.1 Å². The zero-order valence-electron chi connectivity index (χ0n) is 17.9. The molecule has 2 aromatic carbocycles. The van der Waals surface area contributed by atoms with Crippen molar-refractivity contribution in [2.24, 2.45) is 0 Å². The van der Waals surface area contributed by atoms with Crippen LogP contribution in [-0.4, -0.2) is 56.9 Å². The number of likely N-dealkylation sites (tertiary alicyclic amines) is 1. The molecule has 0 aliphatic carbocycles. The minimum absolute atomic E-state index is 0.110. The molecule has 1 heterocycles. The molecule has 1 amide bonds. The monoisotopic (exact) mass is 493 g/mol. The van der Waals surface area contributed by atoms with Gasteiger partial charge in [-0.2, -0.15) is 8.42 Å². The Kier molecular flexibility index (Phi) is 7.73. The molecule has 0 spiro atoms. The van der Waals surface area contributed by atoms with E-state index in [9.17, 15) is 22.6 Å². The summed E-state index contributed by atoms with van der Waals surface area (Å²) in [6.07, 6.45) is 0.203. The second kappa shape index (κ2) is 10.3. The normalized spacial score (nSPS) is 18.5. The molecule has 1 aliphatic heterocycles. The van der Waals surface area contributed by atoms with Gasteiger partial charge in [0.25, 0.3) is 10.1 Å². The molecule has 0 radical (unpaired) electrons. The van der Waals surface area contributed by atoms with E-state index in [2.05, 4.69) is 6.58 Å². The maximum absolute atomic E-state index is 14.0. The van der Waals surface area contributed by atoms with Gasteiger partial charge in [0, 0.05) is 6.42 Å². The number of rotatable bonds is 8. The third kappa shape index (κ3) is 6.10. The number of nitrogens with zero attached hydrogens (tertiary/aromatic N) is 1. The molecule has 33 heavy (non-hydrogen) atoms. The number of ether oxygens (including phenoxy) is 1. The van der Waals surface area contributed by atoms with Gasteiger partial charge in [-0.3, -0.25) is 13.6 Å². The number of amides is 1. The maximum atomic E-state index is 14.0. The van der Waals surface area contributed by atoms with Crippen molar-refractivity contribution in [2.75, 3.05) is 19.4 Å². The van der Waals surface area contributed by atoms with E-state index in [0.717, 1.165) is 11.2 Å². The predicted octanol–water partition coefficient (Wildman–Crippen LogP) is 2.20. The highest BCUT2D eigenvalue weighted by Crippen LogP contribution is 2.45. The first-order valence-electron chi connectivity index (χ1n) is 10.0. The number of carbonyl (C=O) groups is 2. The average molecular weight is 493 g/mol. The van der Waals surface area contributed by atoms with Crippen molar-refractivity contribution in [2.45, 2.75) is 18.6 Å². The molecule has 0 bridgehead atoms. The molecule has 3 rings (SSSR count). The van der Waals surface area contributed by atoms with E-state index in [0.29, 0.717) is 10.6 Å². The van der Waals surface area contributed by atoms with Crippen molar-refractivity contribution in [1.29, 1.82) is 0 Å². The minimum Gasteiger partial charge on any atom is -0.445 e. The first-order chi connectivity index (χ1) is 15.6. The molecule has 9 nitrogen and oxygen atoms in total. The average Bonchev–Trinajstić information content (AvgIpc) is 3.21. The lowest BCUT2D eigenvalue weighted by Crippen LogP contribution is -2.42. The highest BCUT2D eigenvalue weighted by Gasteiger charge is 2.45. The Bertz CT molecular complexity index is 1110. The molecule has 2 atom stereocenters. The molecule has 2 unspecified atom stereocenters. The summed E-state index contributed by atoms with van der Waals surface area (Å²) in [5.74, 6) is -0.957. The fraction of sp³-hybridized carbons (Fsp3) is 0.273. The number of hydrogen-bond donors (Lipinski definition) is 0. The molecule has 1 saturated heterocycles. The van der Waals surface area contributed by atoms with E-state index in [1.165, 1.54) is 6.08 Å². The van der Waals surface area contributed by atoms with Crippen molar-refractivity contribution >= 4 is 40.2 Å². The maximum Gasteiger partial charge on any atom is 0.410 e. The van der Waals surface area contributed by atoms with Gasteiger partial charge in [0.05, 0.1) is 29.5 Å². The molecule has 1 fully saturated rings. The van der Waals surface area contributed by atoms with Crippen LogP contribution in [0.25, 0.3) is 0 Å². The largest absolute Gasteiger partial charge is 0.445 e. The zero-order valence-corrected chi connectivity index (χ0v) is 19.6. The lowest BCUT2D eigenvalue weighted by atomic mass is 10.2.